The van der Waals surface area contributed by atoms with Crippen LogP contribution in [0.25, 0.3) is 0 Å². The van der Waals surface area contributed by atoms with Crippen molar-refractivity contribution < 1.29 is 19.5 Å². The Morgan fingerprint density at radius 1 is 1.12 bits per heavy atom. The molecule has 1 N–H and O–H groups in total. The number of hydrogen-bond acceptors (Lipinski definition) is 3. The summed E-state index contributed by atoms with van der Waals surface area (Å²) in [6.45, 7) is 5.33. The van der Waals surface area contributed by atoms with Gasteiger partial charge in [0.2, 0.25) is 5.91 Å². The molecule has 0 saturated carbocycles. The maximum Gasteiger partial charge on any atom is 0.326 e. The van der Waals surface area contributed by atoms with Gasteiger partial charge < -0.3 is 14.9 Å². The van der Waals surface area contributed by atoms with Gasteiger partial charge in [-0.1, -0.05) is 17.7 Å². The van der Waals surface area contributed by atoms with Gasteiger partial charge in [-0.15, -0.1) is 0 Å². The largest absolute Gasteiger partial charge is 0.480 e. The maximum absolute atomic E-state index is 12.7. The molecule has 0 aromatic heterocycles. The molecule has 1 aromatic carbocycles. The molecular weight excluding hydrogens is 332 g/mol. The normalized spacial score (nSPS) is 20.9. The van der Waals surface area contributed by atoms with E-state index in [0.29, 0.717) is 31.6 Å². The maximum atomic E-state index is 12.7. The van der Waals surface area contributed by atoms with Crippen LogP contribution in [0.3, 0.4) is 0 Å². The van der Waals surface area contributed by atoms with Crippen LogP contribution >= 0.6 is 0 Å². The molecule has 6 heteroatoms. The summed E-state index contributed by atoms with van der Waals surface area (Å²) in [4.78, 5) is 39.5. The van der Waals surface area contributed by atoms with Crippen LogP contribution in [-0.2, 0) is 9.59 Å². The van der Waals surface area contributed by atoms with Gasteiger partial charge in [-0.25, -0.2) is 4.79 Å². The van der Waals surface area contributed by atoms with E-state index in [1.165, 1.54) is 4.90 Å². The minimum absolute atomic E-state index is 0.0440. The average Bonchev–Trinajstić information content (AvgIpc) is 2.64. The monoisotopic (exact) mass is 358 g/mol. The van der Waals surface area contributed by atoms with Crippen molar-refractivity contribution in [2.45, 2.75) is 45.6 Å². The zero-order valence-corrected chi connectivity index (χ0v) is 15.4. The number of hydrogen-bond donors (Lipinski definition) is 1. The summed E-state index contributed by atoms with van der Waals surface area (Å²) in [5.74, 6) is -1.01. The quantitative estimate of drug-likeness (QED) is 0.899. The fourth-order valence-electron chi connectivity index (χ4n) is 4.00. The molecule has 2 fully saturated rings. The zero-order valence-electron chi connectivity index (χ0n) is 15.4. The number of likely N-dealkylation sites (tertiary alicyclic amines) is 2. The third kappa shape index (κ3) is 3.59. The van der Waals surface area contributed by atoms with Crippen molar-refractivity contribution in [3.63, 3.8) is 0 Å². The van der Waals surface area contributed by atoms with Crippen LogP contribution < -0.4 is 0 Å². The summed E-state index contributed by atoms with van der Waals surface area (Å²) in [5, 5.41) is 9.25. The van der Waals surface area contributed by atoms with Crippen LogP contribution in [0.1, 0.15) is 48.5 Å². The Hall–Kier alpha value is -2.37. The first-order chi connectivity index (χ1) is 12.3. The van der Waals surface area contributed by atoms with Crippen LogP contribution in [0.15, 0.2) is 24.3 Å². The summed E-state index contributed by atoms with van der Waals surface area (Å²) in [5.41, 5.74) is 1.76. The van der Waals surface area contributed by atoms with Gasteiger partial charge in [0.05, 0.1) is 0 Å². The fourth-order valence-corrected chi connectivity index (χ4v) is 4.00. The molecule has 0 radical (unpaired) electrons. The summed E-state index contributed by atoms with van der Waals surface area (Å²) in [6.07, 6.45) is 2.78. The highest BCUT2D eigenvalue weighted by Crippen LogP contribution is 2.41. The number of amides is 2. The van der Waals surface area contributed by atoms with Crippen molar-refractivity contribution in [3.05, 3.63) is 35.4 Å². The van der Waals surface area contributed by atoms with Crippen LogP contribution in [0.4, 0.5) is 0 Å². The number of benzene rings is 1. The summed E-state index contributed by atoms with van der Waals surface area (Å²) < 4.78 is 0. The predicted octanol–water partition coefficient (Wildman–Crippen LogP) is 2.31. The number of aryl methyl sites for hydroxylation is 1. The highest BCUT2D eigenvalue weighted by molar-refractivity contribution is 5.94. The summed E-state index contributed by atoms with van der Waals surface area (Å²) in [6, 6.07) is 6.80. The lowest BCUT2D eigenvalue weighted by molar-refractivity contribution is -0.154. The number of carbonyl (C=O) groups excluding carboxylic acids is 2. The first-order valence-corrected chi connectivity index (χ1v) is 9.20. The Morgan fingerprint density at radius 3 is 2.31 bits per heavy atom. The Balaban J connectivity index is 1.65. The van der Waals surface area contributed by atoms with Crippen LogP contribution in [-0.4, -0.2) is 58.4 Å². The first-order valence-electron chi connectivity index (χ1n) is 9.20. The lowest BCUT2D eigenvalue weighted by atomic mass is 9.72. The van der Waals surface area contributed by atoms with Gasteiger partial charge in [-0.2, -0.15) is 0 Å². The lowest BCUT2D eigenvalue weighted by Crippen LogP contribution is -2.55. The molecule has 2 heterocycles. The molecule has 2 aliphatic rings. The van der Waals surface area contributed by atoms with Gasteiger partial charge in [-0.05, 0) is 50.7 Å². The van der Waals surface area contributed by atoms with E-state index in [0.717, 1.165) is 24.8 Å². The molecule has 1 spiro atoms. The van der Waals surface area contributed by atoms with E-state index in [1.54, 1.807) is 6.92 Å². The van der Waals surface area contributed by atoms with Crippen molar-refractivity contribution in [1.29, 1.82) is 0 Å². The second kappa shape index (κ2) is 7.09. The zero-order chi connectivity index (χ0) is 18.9. The molecule has 1 atom stereocenters. The number of aliphatic carboxylic acids is 1. The lowest BCUT2D eigenvalue weighted by Gasteiger charge is -2.48. The molecule has 3 rings (SSSR count). The first kappa shape index (κ1) is 18.4. The number of nitrogens with zero attached hydrogens (tertiary/aromatic N) is 2. The van der Waals surface area contributed by atoms with Gasteiger partial charge in [-0.3, -0.25) is 9.59 Å². The predicted molar refractivity (Wildman–Crippen MR) is 96.8 cm³/mol. The van der Waals surface area contributed by atoms with Crippen LogP contribution in [0.5, 0.6) is 0 Å². The molecular formula is C20H26N2O4. The SMILES string of the molecule is Cc1ccc(C(=O)N2CCC3(CCC(=O)N([C@H](C)C(=O)O)C3)CC2)cc1. The topological polar surface area (TPSA) is 77.9 Å². The smallest absolute Gasteiger partial charge is 0.326 e. The molecule has 26 heavy (non-hydrogen) atoms. The van der Waals surface area contributed by atoms with E-state index in [4.69, 9.17) is 0 Å². The molecule has 1 aromatic rings. The van der Waals surface area contributed by atoms with Gasteiger partial charge in [0, 0.05) is 31.6 Å². The minimum Gasteiger partial charge on any atom is -0.480 e. The number of carboxylic acid groups (broad SMARTS) is 1. The standard InChI is InChI=1S/C20H26N2O4/c1-14-3-5-16(6-4-14)18(24)21-11-9-20(10-12-21)8-7-17(23)22(13-20)15(2)19(25)26/h3-6,15H,7-13H2,1-2H3,(H,25,26)/t15-/m1/s1. The van der Waals surface area contributed by atoms with Gasteiger partial charge in [0.25, 0.3) is 5.91 Å². The van der Waals surface area contributed by atoms with Crippen molar-refractivity contribution in [2.24, 2.45) is 5.41 Å². The van der Waals surface area contributed by atoms with Crippen LogP contribution in [0.2, 0.25) is 0 Å². The Bertz CT molecular complexity index is 705. The molecule has 2 amide bonds. The molecule has 140 valence electrons. The van der Waals surface area contributed by atoms with Gasteiger partial charge in [0.1, 0.15) is 6.04 Å². The number of carboxylic acids is 1. The van der Waals surface area contributed by atoms with Crippen molar-refractivity contribution in [3.8, 4) is 0 Å². The van der Waals surface area contributed by atoms with Crippen molar-refractivity contribution >= 4 is 17.8 Å². The van der Waals surface area contributed by atoms with Crippen LogP contribution in [0, 0.1) is 12.3 Å². The van der Waals surface area contributed by atoms with E-state index < -0.39 is 12.0 Å². The third-order valence-corrected chi connectivity index (χ3v) is 5.93. The molecule has 0 aliphatic carbocycles. The summed E-state index contributed by atoms with van der Waals surface area (Å²) in [7, 11) is 0. The number of carbonyl (C=O) groups is 3. The number of rotatable bonds is 3. The molecule has 2 saturated heterocycles. The Kier molecular flexibility index (Phi) is 5.03. The van der Waals surface area contributed by atoms with E-state index in [2.05, 4.69) is 0 Å². The summed E-state index contributed by atoms with van der Waals surface area (Å²) >= 11 is 0. The van der Waals surface area contributed by atoms with Gasteiger partial charge >= 0.3 is 5.97 Å². The van der Waals surface area contributed by atoms with Crippen molar-refractivity contribution in [2.75, 3.05) is 19.6 Å². The second-order valence-corrected chi connectivity index (χ2v) is 7.69. The van der Waals surface area contributed by atoms with Crippen molar-refractivity contribution in [1.82, 2.24) is 9.80 Å². The van der Waals surface area contributed by atoms with E-state index in [1.807, 2.05) is 36.1 Å². The Labute approximate surface area is 153 Å². The van der Waals surface area contributed by atoms with E-state index in [9.17, 15) is 19.5 Å². The molecule has 0 bridgehead atoms. The van der Waals surface area contributed by atoms with Gasteiger partial charge in [0.15, 0.2) is 0 Å². The van der Waals surface area contributed by atoms with E-state index in [-0.39, 0.29) is 17.2 Å². The van der Waals surface area contributed by atoms with E-state index >= 15 is 0 Å². The fraction of sp³-hybridized carbons (Fsp3) is 0.550. The molecule has 6 nitrogen and oxygen atoms in total. The third-order valence-electron chi connectivity index (χ3n) is 5.93. The highest BCUT2D eigenvalue weighted by Gasteiger charge is 2.43. The highest BCUT2D eigenvalue weighted by atomic mass is 16.4. The Morgan fingerprint density at radius 2 is 1.73 bits per heavy atom. The average molecular weight is 358 g/mol. The minimum atomic E-state index is -0.970. The molecule has 0 unspecified atom stereocenters. The second-order valence-electron chi connectivity index (χ2n) is 7.69. The number of piperidine rings is 2. The molecule has 2 aliphatic heterocycles.